The van der Waals surface area contributed by atoms with Crippen molar-refractivity contribution in [1.29, 1.82) is 0 Å². The van der Waals surface area contributed by atoms with E-state index in [-0.39, 0.29) is 12.4 Å². The van der Waals surface area contributed by atoms with Gasteiger partial charge in [-0.15, -0.1) is 0 Å². The van der Waals surface area contributed by atoms with E-state index in [0.717, 1.165) is 11.1 Å². The summed E-state index contributed by atoms with van der Waals surface area (Å²) in [5.41, 5.74) is 1.93. The van der Waals surface area contributed by atoms with E-state index in [1.807, 2.05) is 30.3 Å². The Morgan fingerprint density at radius 2 is 1.86 bits per heavy atom. The van der Waals surface area contributed by atoms with Crippen molar-refractivity contribution in [3.8, 4) is 5.75 Å². The lowest BCUT2D eigenvalue weighted by atomic mass is 10.1. The fraction of sp³-hybridized carbons (Fsp3) is 0.294. The summed E-state index contributed by atoms with van der Waals surface area (Å²) < 4.78 is 18.7. The summed E-state index contributed by atoms with van der Waals surface area (Å²) in [5.74, 6) is 0.377. The van der Waals surface area contributed by atoms with E-state index in [1.54, 1.807) is 13.2 Å². The third-order valence-corrected chi connectivity index (χ3v) is 3.30. The molecule has 1 N–H and O–H groups in total. The van der Waals surface area contributed by atoms with Crippen LogP contribution in [0.4, 0.5) is 4.39 Å². The van der Waals surface area contributed by atoms with Gasteiger partial charge in [0.15, 0.2) is 0 Å². The molecule has 0 heterocycles. The Balaban J connectivity index is 2.14. The molecular weight excluding hydrogens is 269 g/mol. The number of benzene rings is 2. The van der Waals surface area contributed by atoms with E-state index in [1.165, 1.54) is 12.1 Å². The Labute approximate surface area is 124 Å². The number of hydrogen-bond acceptors (Lipinski definition) is 3. The molecule has 2 rings (SSSR count). The molecule has 0 saturated heterocycles. The third kappa shape index (κ3) is 4.55. The molecule has 0 bridgehead atoms. The molecule has 4 heteroatoms. The van der Waals surface area contributed by atoms with Gasteiger partial charge in [0.25, 0.3) is 0 Å². The molecule has 0 spiro atoms. The second kappa shape index (κ2) is 7.76. The Hall–Kier alpha value is -1.91. The van der Waals surface area contributed by atoms with E-state index < -0.39 is 0 Å². The summed E-state index contributed by atoms with van der Waals surface area (Å²) >= 11 is 0. The SMILES string of the molecule is COc1ccc(F)cc1CN(CCO)Cc1ccccc1. The predicted molar refractivity (Wildman–Crippen MR) is 80.6 cm³/mol. The van der Waals surface area contributed by atoms with Crippen LogP contribution in [-0.2, 0) is 13.1 Å². The van der Waals surface area contributed by atoms with Gasteiger partial charge >= 0.3 is 0 Å². The van der Waals surface area contributed by atoms with Gasteiger partial charge in [0.2, 0.25) is 0 Å². The number of aliphatic hydroxyl groups is 1. The molecule has 2 aromatic rings. The molecule has 112 valence electrons. The second-order valence-corrected chi connectivity index (χ2v) is 4.88. The predicted octanol–water partition coefficient (Wildman–Crippen LogP) is 2.83. The van der Waals surface area contributed by atoms with E-state index in [9.17, 15) is 9.50 Å². The molecule has 2 aromatic carbocycles. The lowest BCUT2D eigenvalue weighted by Gasteiger charge is -2.22. The van der Waals surface area contributed by atoms with Gasteiger partial charge in [-0.3, -0.25) is 4.90 Å². The van der Waals surface area contributed by atoms with Gasteiger partial charge in [0.1, 0.15) is 11.6 Å². The van der Waals surface area contributed by atoms with Crippen LogP contribution in [0.2, 0.25) is 0 Å². The van der Waals surface area contributed by atoms with Crippen LogP contribution in [0.3, 0.4) is 0 Å². The van der Waals surface area contributed by atoms with Crippen LogP contribution in [-0.4, -0.2) is 30.3 Å². The summed E-state index contributed by atoms with van der Waals surface area (Å²) in [4.78, 5) is 2.06. The van der Waals surface area contributed by atoms with Crippen molar-refractivity contribution in [3.05, 3.63) is 65.5 Å². The molecule has 0 aliphatic carbocycles. The zero-order valence-electron chi connectivity index (χ0n) is 12.1. The van der Waals surface area contributed by atoms with Crippen LogP contribution in [0, 0.1) is 5.82 Å². The summed E-state index contributed by atoms with van der Waals surface area (Å²) in [6, 6.07) is 14.5. The molecule has 0 radical (unpaired) electrons. The summed E-state index contributed by atoms with van der Waals surface area (Å²) in [7, 11) is 1.57. The number of ether oxygens (including phenoxy) is 1. The van der Waals surface area contributed by atoms with Crippen molar-refractivity contribution in [2.45, 2.75) is 13.1 Å². The first-order chi connectivity index (χ1) is 10.2. The van der Waals surface area contributed by atoms with Gasteiger partial charge in [0, 0.05) is 25.2 Å². The normalized spacial score (nSPS) is 10.9. The highest BCUT2D eigenvalue weighted by Gasteiger charge is 2.11. The first-order valence-corrected chi connectivity index (χ1v) is 6.92. The molecule has 3 nitrogen and oxygen atoms in total. The van der Waals surface area contributed by atoms with E-state index in [0.29, 0.717) is 25.4 Å². The van der Waals surface area contributed by atoms with Gasteiger partial charge in [-0.05, 0) is 23.8 Å². The van der Waals surface area contributed by atoms with E-state index in [2.05, 4.69) is 4.90 Å². The van der Waals surface area contributed by atoms with Crippen molar-refractivity contribution in [2.75, 3.05) is 20.3 Å². The first-order valence-electron chi connectivity index (χ1n) is 6.92. The zero-order valence-corrected chi connectivity index (χ0v) is 12.1. The largest absolute Gasteiger partial charge is 0.496 e. The van der Waals surface area contributed by atoms with Crippen molar-refractivity contribution in [2.24, 2.45) is 0 Å². The van der Waals surface area contributed by atoms with Crippen LogP contribution in [0.5, 0.6) is 5.75 Å². The number of halogens is 1. The van der Waals surface area contributed by atoms with E-state index >= 15 is 0 Å². The average Bonchev–Trinajstić information content (AvgIpc) is 2.49. The molecule has 0 aliphatic heterocycles. The maximum atomic E-state index is 13.4. The Kier molecular flexibility index (Phi) is 5.72. The first kappa shape index (κ1) is 15.5. The monoisotopic (exact) mass is 289 g/mol. The topological polar surface area (TPSA) is 32.7 Å². The zero-order chi connectivity index (χ0) is 15.1. The molecule has 0 fully saturated rings. The van der Waals surface area contributed by atoms with Crippen molar-refractivity contribution >= 4 is 0 Å². The highest BCUT2D eigenvalue weighted by atomic mass is 19.1. The maximum Gasteiger partial charge on any atom is 0.123 e. The average molecular weight is 289 g/mol. The molecule has 0 unspecified atom stereocenters. The highest BCUT2D eigenvalue weighted by molar-refractivity contribution is 5.34. The minimum Gasteiger partial charge on any atom is -0.496 e. The molecular formula is C17H20FNO2. The standard InChI is InChI=1S/C17H20FNO2/c1-21-17-8-7-16(18)11-15(17)13-19(9-10-20)12-14-5-3-2-4-6-14/h2-8,11,20H,9-10,12-13H2,1H3. The fourth-order valence-electron chi connectivity index (χ4n) is 2.31. The van der Waals surface area contributed by atoms with Gasteiger partial charge in [-0.2, -0.15) is 0 Å². The lowest BCUT2D eigenvalue weighted by molar-refractivity contribution is 0.182. The van der Waals surface area contributed by atoms with Crippen molar-refractivity contribution < 1.29 is 14.2 Å². The number of nitrogens with zero attached hydrogens (tertiary/aromatic N) is 1. The summed E-state index contributed by atoms with van der Waals surface area (Å²) in [5, 5.41) is 9.23. The maximum absolute atomic E-state index is 13.4. The molecule has 0 aliphatic rings. The number of aliphatic hydroxyl groups excluding tert-OH is 1. The molecule has 0 amide bonds. The van der Waals surface area contributed by atoms with Crippen LogP contribution in [0.1, 0.15) is 11.1 Å². The van der Waals surface area contributed by atoms with Crippen LogP contribution >= 0.6 is 0 Å². The molecule has 21 heavy (non-hydrogen) atoms. The quantitative estimate of drug-likeness (QED) is 0.851. The second-order valence-electron chi connectivity index (χ2n) is 4.88. The molecule has 0 atom stereocenters. The smallest absolute Gasteiger partial charge is 0.123 e. The van der Waals surface area contributed by atoms with Crippen molar-refractivity contribution in [1.82, 2.24) is 4.90 Å². The molecule has 0 aromatic heterocycles. The van der Waals surface area contributed by atoms with Gasteiger partial charge in [-0.25, -0.2) is 4.39 Å². The number of hydrogen-bond donors (Lipinski definition) is 1. The van der Waals surface area contributed by atoms with Gasteiger partial charge in [0.05, 0.1) is 13.7 Å². The van der Waals surface area contributed by atoms with Gasteiger partial charge < -0.3 is 9.84 Å². The summed E-state index contributed by atoms with van der Waals surface area (Å²) in [6.07, 6.45) is 0. The Morgan fingerprint density at radius 3 is 2.52 bits per heavy atom. The Bertz CT molecular complexity index is 560. The van der Waals surface area contributed by atoms with E-state index in [4.69, 9.17) is 4.74 Å². The van der Waals surface area contributed by atoms with Crippen LogP contribution in [0.15, 0.2) is 48.5 Å². The third-order valence-electron chi connectivity index (χ3n) is 3.30. The number of methoxy groups -OCH3 is 1. The highest BCUT2D eigenvalue weighted by Crippen LogP contribution is 2.21. The lowest BCUT2D eigenvalue weighted by Crippen LogP contribution is -2.26. The van der Waals surface area contributed by atoms with Gasteiger partial charge in [-0.1, -0.05) is 30.3 Å². The Morgan fingerprint density at radius 1 is 1.10 bits per heavy atom. The minimum atomic E-state index is -0.283. The summed E-state index contributed by atoms with van der Waals surface area (Å²) in [6.45, 7) is 1.80. The minimum absolute atomic E-state index is 0.0600. The van der Waals surface area contributed by atoms with Crippen LogP contribution in [0.25, 0.3) is 0 Å². The molecule has 0 saturated carbocycles. The van der Waals surface area contributed by atoms with Crippen LogP contribution < -0.4 is 4.74 Å². The number of rotatable bonds is 7. The van der Waals surface area contributed by atoms with Crippen molar-refractivity contribution in [3.63, 3.8) is 0 Å². The fourth-order valence-corrected chi connectivity index (χ4v) is 2.31.